The highest BCUT2D eigenvalue weighted by molar-refractivity contribution is 7.88. The molecule has 0 heterocycles. The van der Waals surface area contributed by atoms with Gasteiger partial charge in [0.05, 0.1) is 6.61 Å². The average molecular weight is 380 g/mol. The fourth-order valence-corrected chi connectivity index (χ4v) is 2.20. The molecule has 0 aliphatic carbocycles. The Hall–Kier alpha value is -2.03. The summed E-state index contributed by atoms with van der Waals surface area (Å²) < 4.78 is 69.3. The van der Waals surface area contributed by atoms with Crippen LogP contribution in [0.2, 0.25) is 0 Å². The highest BCUT2D eigenvalue weighted by atomic mass is 32.2. The first-order valence-corrected chi connectivity index (χ1v) is 8.69. The number of ether oxygens (including phenoxy) is 1. The highest BCUT2D eigenvalue weighted by Crippen LogP contribution is 2.33. The van der Waals surface area contributed by atoms with Crippen molar-refractivity contribution in [2.45, 2.75) is 38.6 Å². The Morgan fingerprint density at radius 3 is 2.28 bits per heavy atom. The summed E-state index contributed by atoms with van der Waals surface area (Å²) in [5.41, 5.74) is -5.46. The first-order chi connectivity index (χ1) is 11.3. The van der Waals surface area contributed by atoms with Crippen LogP contribution in [0.3, 0.4) is 0 Å². The summed E-state index contributed by atoms with van der Waals surface area (Å²) in [5, 5.41) is 0. The van der Waals surface area contributed by atoms with E-state index in [9.17, 15) is 26.4 Å². The second-order valence-corrected chi connectivity index (χ2v) is 7.61. The molecule has 0 aliphatic rings. The Kier molecular flexibility index (Phi) is 6.28. The van der Waals surface area contributed by atoms with Crippen molar-refractivity contribution in [1.29, 1.82) is 0 Å². The van der Waals surface area contributed by atoms with Crippen LogP contribution in [0.15, 0.2) is 24.3 Å². The second-order valence-electron chi connectivity index (χ2n) is 6.07. The van der Waals surface area contributed by atoms with Gasteiger partial charge in [0.2, 0.25) is 0 Å². The molecule has 1 aromatic carbocycles. The van der Waals surface area contributed by atoms with E-state index in [1.54, 1.807) is 33.8 Å². The smallest absolute Gasteiger partial charge is 0.463 e. The lowest BCUT2D eigenvalue weighted by molar-refractivity contribution is -0.137. The zero-order valence-electron chi connectivity index (χ0n) is 14.2. The molecule has 0 spiro atoms. The van der Waals surface area contributed by atoms with E-state index in [4.69, 9.17) is 0 Å². The summed E-state index contributed by atoms with van der Waals surface area (Å²) >= 11 is 0. The van der Waals surface area contributed by atoms with Crippen LogP contribution in [0, 0.1) is 0 Å². The van der Waals surface area contributed by atoms with Crippen molar-refractivity contribution in [3.8, 4) is 5.75 Å². The molecule has 0 saturated heterocycles. The standard InChI is InChI=1S/C16H19F3O5S/c1-5-23-14(20)9-7-11-6-8-12(15(2,3)4)10-13(11)24-25(21,22)16(17,18)19/h6-10H,5H2,1-4H3. The maximum absolute atomic E-state index is 12.6. The fraction of sp³-hybridized carbons (Fsp3) is 0.438. The van der Waals surface area contributed by atoms with E-state index in [1.165, 1.54) is 12.1 Å². The van der Waals surface area contributed by atoms with Crippen LogP contribution in [0.4, 0.5) is 13.2 Å². The van der Waals surface area contributed by atoms with Crippen molar-refractivity contribution in [3.63, 3.8) is 0 Å². The number of esters is 1. The molecule has 0 amide bonds. The van der Waals surface area contributed by atoms with E-state index in [0.29, 0.717) is 5.56 Å². The van der Waals surface area contributed by atoms with E-state index in [2.05, 4.69) is 8.92 Å². The Bertz CT molecular complexity index is 759. The van der Waals surface area contributed by atoms with Gasteiger partial charge in [-0.25, -0.2) is 4.79 Å². The van der Waals surface area contributed by atoms with Gasteiger partial charge in [-0.3, -0.25) is 0 Å². The van der Waals surface area contributed by atoms with Crippen molar-refractivity contribution < 1.29 is 35.3 Å². The normalized spacial score (nSPS) is 13.1. The van der Waals surface area contributed by atoms with Crippen molar-refractivity contribution in [2.24, 2.45) is 0 Å². The maximum atomic E-state index is 12.6. The number of benzene rings is 1. The summed E-state index contributed by atoms with van der Waals surface area (Å²) in [5.74, 6) is -1.24. The lowest BCUT2D eigenvalue weighted by Crippen LogP contribution is -2.28. The van der Waals surface area contributed by atoms with Crippen LogP contribution >= 0.6 is 0 Å². The Labute approximate surface area is 144 Å². The van der Waals surface area contributed by atoms with Crippen molar-refractivity contribution in [1.82, 2.24) is 0 Å². The van der Waals surface area contributed by atoms with Crippen LogP contribution < -0.4 is 4.18 Å². The maximum Gasteiger partial charge on any atom is 0.534 e. The number of rotatable bonds is 5. The van der Waals surface area contributed by atoms with Gasteiger partial charge in [0.15, 0.2) is 0 Å². The molecular weight excluding hydrogens is 361 g/mol. The number of halogens is 3. The van der Waals surface area contributed by atoms with Gasteiger partial charge >= 0.3 is 21.6 Å². The van der Waals surface area contributed by atoms with Crippen molar-refractivity contribution in [2.75, 3.05) is 6.61 Å². The van der Waals surface area contributed by atoms with Crippen LogP contribution in [0.25, 0.3) is 6.08 Å². The molecule has 0 saturated carbocycles. The molecule has 0 aliphatic heterocycles. The summed E-state index contributed by atoms with van der Waals surface area (Å²) in [7, 11) is -5.83. The van der Waals surface area contributed by atoms with E-state index >= 15 is 0 Å². The predicted octanol–water partition coefficient (Wildman–Crippen LogP) is 3.79. The van der Waals surface area contributed by atoms with Gasteiger partial charge in [-0.2, -0.15) is 21.6 Å². The van der Waals surface area contributed by atoms with Gasteiger partial charge in [0, 0.05) is 11.6 Å². The molecule has 1 aromatic rings. The van der Waals surface area contributed by atoms with Crippen LogP contribution in [0.5, 0.6) is 5.75 Å². The zero-order chi connectivity index (χ0) is 19.5. The highest BCUT2D eigenvalue weighted by Gasteiger charge is 2.48. The van der Waals surface area contributed by atoms with Crippen LogP contribution in [-0.4, -0.2) is 26.5 Å². The molecule has 0 atom stereocenters. The fourth-order valence-electron chi connectivity index (χ4n) is 1.72. The number of alkyl halides is 3. The van der Waals surface area contributed by atoms with E-state index < -0.39 is 32.8 Å². The van der Waals surface area contributed by atoms with Gasteiger partial charge in [-0.15, -0.1) is 0 Å². The molecule has 0 fully saturated rings. The summed E-state index contributed by atoms with van der Waals surface area (Å²) in [6.07, 6.45) is 2.11. The molecular formula is C16H19F3O5S. The molecule has 9 heteroatoms. The number of carbonyl (C=O) groups excluding carboxylic acids is 1. The topological polar surface area (TPSA) is 69.7 Å². The molecule has 25 heavy (non-hydrogen) atoms. The molecule has 1 rings (SSSR count). The lowest BCUT2D eigenvalue weighted by Gasteiger charge is -2.21. The summed E-state index contributed by atoms with van der Waals surface area (Å²) in [4.78, 5) is 11.4. The molecule has 0 bridgehead atoms. The van der Waals surface area contributed by atoms with Gasteiger partial charge < -0.3 is 8.92 Å². The molecule has 5 nitrogen and oxygen atoms in total. The lowest BCUT2D eigenvalue weighted by atomic mass is 9.86. The molecule has 0 N–H and O–H groups in total. The van der Waals surface area contributed by atoms with Crippen LogP contribution in [-0.2, 0) is 25.1 Å². The average Bonchev–Trinajstić information content (AvgIpc) is 2.43. The predicted molar refractivity (Wildman–Crippen MR) is 86.4 cm³/mol. The van der Waals surface area contributed by atoms with Crippen molar-refractivity contribution in [3.05, 3.63) is 35.4 Å². The van der Waals surface area contributed by atoms with E-state index in [0.717, 1.165) is 12.2 Å². The second kappa shape index (κ2) is 7.47. The minimum Gasteiger partial charge on any atom is -0.463 e. The Morgan fingerprint density at radius 1 is 1.20 bits per heavy atom. The molecule has 140 valence electrons. The summed E-state index contributed by atoms with van der Waals surface area (Å²) in [6.45, 7) is 7.13. The van der Waals surface area contributed by atoms with Gasteiger partial charge in [0.1, 0.15) is 5.75 Å². The third-order valence-electron chi connectivity index (χ3n) is 3.05. The molecule has 0 unspecified atom stereocenters. The summed E-state index contributed by atoms with van der Waals surface area (Å²) in [6, 6.07) is 4.18. The Balaban J connectivity index is 3.36. The minimum absolute atomic E-state index is 0.00567. The minimum atomic E-state index is -5.83. The number of carbonyl (C=O) groups is 1. The molecule has 0 aromatic heterocycles. The number of hydrogen-bond acceptors (Lipinski definition) is 5. The first kappa shape index (κ1) is 21.0. The van der Waals surface area contributed by atoms with Gasteiger partial charge in [-0.05, 0) is 30.0 Å². The first-order valence-electron chi connectivity index (χ1n) is 7.28. The SMILES string of the molecule is CCOC(=O)C=Cc1ccc(C(C)(C)C)cc1OS(=O)(=O)C(F)(F)F. The van der Waals surface area contributed by atoms with E-state index in [1.807, 2.05) is 0 Å². The van der Waals surface area contributed by atoms with Gasteiger partial charge in [0.25, 0.3) is 0 Å². The monoisotopic (exact) mass is 380 g/mol. The quantitative estimate of drug-likeness (QED) is 0.336. The largest absolute Gasteiger partial charge is 0.534 e. The van der Waals surface area contributed by atoms with Gasteiger partial charge in [-0.1, -0.05) is 32.9 Å². The third-order valence-corrected chi connectivity index (χ3v) is 4.01. The zero-order valence-corrected chi connectivity index (χ0v) is 15.0. The van der Waals surface area contributed by atoms with Crippen molar-refractivity contribution >= 4 is 22.2 Å². The number of hydrogen-bond donors (Lipinski definition) is 0. The van der Waals surface area contributed by atoms with E-state index in [-0.39, 0.29) is 12.2 Å². The van der Waals surface area contributed by atoms with Crippen LogP contribution in [0.1, 0.15) is 38.8 Å². The Morgan fingerprint density at radius 2 is 1.80 bits per heavy atom. The third kappa shape index (κ3) is 5.77. The molecule has 0 radical (unpaired) electrons.